The van der Waals surface area contributed by atoms with Crippen molar-refractivity contribution in [2.45, 2.75) is 6.54 Å². The van der Waals surface area contributed by atoms with Crippen LogP contribution in [0.4, 0.5) is 10.1 Å². The number of esters is 1. The highest BCUT2D eigenvalue weighted by molar-refractivity contribution is 6.31. The summed E-state index contributed by atoms with van der Waals surface area (Å²) in [5.74, 6) is -1.80. The summed E-state index contributed by atoms with van der Waals surface area (Å²) in [6.07, 6.45) is 0. The molecule has 0 saturated heterocycles. The van der Waals surface area contributed by atoms with E-state index in [-0.39, 0.29) is 11.6 Å². The highest BCUT2D eigenvalue weighted by Crippen LogP contribution is 2.19. The number of rotatable bonds is 5. The van der Waals surface area contributed by atoms with Gasteiger partial charge in [-0.25, -0.2) is 9.07 Å². The molecule has 128 valence electrons. The molecule has 7 nitrogen and oxygen atoms in total. The predicted molar refractivity (Wildman–Crippen MR) is 88.5 cm³/mol. The smallest absolute Gasteiger partial charge is 0.328 e. The van der Waals surface area contributed by atoms with Crippen LogP contribution in [0.2, 0.25) is 5.02 Å². The van der Waals surface area contributed by atoms with Crippen LogP contribution >= 0.6 is 11.6 Å². The van der Waals surface area contributed by atoms with Crippen molar-refractivity contribution >= 4 is 40.2 Å². The third-order valence-electron chi connectivity index (χ3n) is 3.27. The van der Waals surface area contributed by atoms with Crippen molar-refractivity contribution in [3.63, 3.8) is 0 Å². The third kappa shape index (κ3) is 4.10. The molecule has 0 saturated carbocycles. The second kappa shape index (κ2) is 7.27. The predicted octanol–water partition coefficient (Wildman–Crippen LogP) is 2.41. The molecule has 9 heteroatoms. The molecule has 2 aromatic carbocycles. The van der Waals surface area contributed by atoms with E-state index < -0.39 is 24.3 Å². The number of para-hydroxylation sites is 1. The molecule has 3 rings (SSSR count). The lowest BCUT2D eigenvalue weighted by molar-refractivity contribution is -0.148. The van der Waals surface area contributed by atoms with E-state index in [1.165, 1.54) is 16.8 Å². The van der Waals surface area contributed by atoms with E-state index in [1.807, 2.05) is 6.07 Å². The first-order valence-electron chi connectivity index (χ1n) is 7.21. The molecule has 0 aliphatic rings. The van der Waals surface area contributed by atoms with Crippen LogP contribution < -0.4 is 5.32 Å². The van der Waals surface area contributed by atoms with E-state index in [2.05, 4.69) is 15.6 Å². The van der Waals surface area contributed by atoms with Crippen LogP contribution in [-0.4, -0.2) is 33.5 Å². The van der Waals surface area contributed by atoms with Gasteiger partial charge >= 0.3 is 5.97 Å². The van der Waals surface area contributed by atoms with Crippen LogP contribution in [0.25, 0.3) is 11.0 Å². The van der Waals surface area contributed by atoms with Gasteiger partial charge in [-0.2, -0.15) is 0 Å². The average molecular weight is 363 g/mol. The number of hydrogen-bond donors (Lipinski definition) is 1. The molecule has 0 atom stereocenters. The number of anilines is 1. The Balaban J connectivity index is 1.53. The minimum absolute atomic E-state index is 0.118. The summed E-state index contributed by atoms with van der Waals surface area (Å²) < 4.78 is 19.3. The Hall–Kier alpha value is -3.00. The summed E-state index contributed by atoms with van der Waals surface area (Å²) in [5, 5.41) is 10.1. The van der Waals surface area contributed by atoms with Crippen LogP contribution in [0.1, 0.15) is 0 Å². The average Bonchev–Trinajstić information content (AvgIpc) is 2.99. The maximum atomic E-state index is 13.1. The lowest BCUT2D eigenvalue weighted by Crippen LogP contribution is -2.23. The minimum atomic E-state index is -0.636. The van der Waals surface area contributed by atoms with Crippen LogP contribution in [-0.2, 0) is 20.9 Å². The van der Waals surface area contributed by atoms with Crippen LogP contribution in [0.15, 0.2) is 42.5 Å². The van der Waals surface area contributed by atoms with E-state index in [0.717, 1.165) is 6.07 Å². The van der Waals surface area contributed by atoms with E-state index in [1.54, 1.807) is 18.2 Å². The van der Waals surface area contributed by atoms with Gasteiger partial charge in [-0.1, -0.05) is 28.9 Å². The Morgan fingerprint density at radius 2 is 2.04 bits per heavy atom. The lowest BCUT2D eigenvalue weighted by Gasteiger charge is -2.07. The summed E-state index contributed by atoms with van der Waals surface area (Å²) in [6, 6.07) is 10.9. The molecule has 25 heavy (non-hydrogen) atoms. The maximum Gasteiger partial charge on any atom is 0.328 e. The summed E-state index contributed by atoms with van der Waals surface area (Å²) in [4.78, 5) is 23.6. The van der Waals surface area contributed by atoms with E-state index in [9.17, 15) is 14.0 Å². The quantitative estimate of drug-likeness (QED) is 0.704. The molecule has 1 heterocycles. The molecule has 0 spiro atoms. The molecule has 0 unspecified atom stereocenters. The minimum Gasteiger partial charge on any atom is -0.454 e. The van der Waals surface area contributed by atoms with Gasteiger partial charge in [0.05, 0.1) is 10.5 Å². The molecule has 1 amide bonds. The third-order valence-corrected chi connectivity index (χ3v) is 3.56. The summed E-state index contributed by atoms with van der Waals surface area (Å²) in [7, 11) is 0. The van der Waals surface area contributed by atoms with Crippen molar-refractivity contribution in [3.05, 3.63) is 53.3 Å². The number of ether oxygens (including phenoxy) is 1. The number of halogens is 2. The number of aromatic nitrogens is 3. The Bertz CT molecular complexity index is 944. The second-order valence-corrected chi connectivity index (χ2v) is 5.48. The fourth-order valence-corrected chi connectivity index (χ4v) is 2.30. The van der Waals surface area contributed by atoms with Gasteiger partial charge in [-0.3, -0.25) is 9.59 Å². The van der Waals surface area contributed by atoms with Crippen LogP contribution in [0, 0.1) is 5.82 Å². The summed E-state index contributed by atoms with van der Waals surface area (Å²) >= 11 is 5.62. The van der Waals surface area contributed by atoms with Gasteiger partial charge in [0.15, 0.2) is 6.61 Å². The fraction of sp³-hybridized carbons (Fsp3) is 0.125. The normalized spacial score (nSPS) is 10.6. The van der Waals surface area contributed by atoms with E-state index in [4.69, 9.17) is 16.3 Å². The first-order chi connectivity index (χ1) is 12.0. The van der Waals surface area contributed by atoms with Gasteiger partial charge in [0.1, 0.15) is 17.9 Å². The van der Waals surface area contributed by atoms with Gasteiger partial charge in [-0.15, -0.1) is 5.10 Å². The first kappa shape index (κ1) is 16.8. The Morgan fingerprint density at radius 3 is 2.84 bits per heavy atom. The van der Waals surface area contributed by atoms with Crippen LogP contribution in [0.5, 0.6) is 0 Å². The zero-order valence-corrected chi connectivity index (χ0v) is 13.5. The van der Waals surface area contributed by atoms with Gasteiger partial charge in [-0.05, 0) is 30.3 Å². The molecule has 0 aliphatic heterocycles. The van der Waals surface area contributed by atoms with E-state index >= 15 is 0 Å². The van der Waals surface area contributed by atoms with Gasteiger partial charge in [0.2, 0.25) is 0 Å². The number of benzene rings is 2. The van der Waals surface area contributed by atoms with Gasteiger partial charge in [0.25, 0.3) is 5.91 Å². The standard InChI is InChI=1S/C16H12ClFN4O3/c17-11-7-10(5-6-12(11)18)19-15(23)9-25-16(24)8-22-14-4-2-1-3-13(14)20-21-22/h1-7H,8-9H2,(H,19,23). The Labute approximate surface area is 146 Å². The zero-order valence-electron chi connectivity index (χ0n) is 12.8. The number of nitrogens with zero attached hydrogens (tertiary/aromatic N) is 3. The first-order valence-corrected chi connectivity index (χ1v) is 7.59. The van der Waals surface area contributed by atoms with Crippen molar-refractivity contribution in [1.82, 2.24) is 15.0 Å². The van der Waals surface area contributed by atoms with Crippen molar-refractivity contribution < 1.29 is 18.7 Å². The van der Waals surface area contributed by atoms with Crippen molar-refractivity contribution in [2.75, 3.05) is 11.9 Å². The molecule has 0 bridgehead atoms. The topological polar surface area (TPSA) is 86.1 Å². The number of carbonyl (C=O) groups is 2. The monoisotopic (exact) mass is 362 g/mol. The number of carbonyl (C=O) groups excluding carboxylic acids is 2. The Morgan fingerprint density at radius 1 is 1.24 bits per heavy atom. The maximum absolute atomic E-state index is 13.1. The number of hydrogen-bond acceptors (Lipinski definition) is 5. The van der Waals surface area contributed by atoms with Gasteiger partial charge < -0.3 is 10.1 Å². The molecule has 0 aliphatic carbocycles. The van der Waals surface area contributed by atoms with Crippen molar-refractivity contribution in [3.8, 4) is 0 Å². The van der Waals surface area contributed by atoms with Crippen LogP contribution in [0.3, 0.4) is 0 Å². The summed E-state index contributed by atoms with van der Waals surface area (Å²) in [6.45, 7) is -0.656. The number of amides is 1. The number of nitrogens with one attached hydrogen (secondary N) is 1. The van der Waals surface area contributed by atoms with Crippen molar-refractivity contribution in [1.29, 1.82) is 0 Å². The van der Waals surface area contributed by atoms with E-state index in [0.29, 0.717) is 16.7 Å². The Kier molecular flexibility index (Phi) is 4.90. The molecule has 0 radical (unpaired) electrons. The largest absolute Gasteiger partial charge is 0.454 e. The summed E-state index contributed by atoms with van der Waals surface area (Å²) in [5.41, 5.74) is 1.64. The lowest BCUT2D eigenvalue weighted by atomic mass is 10.3. The van der Waals surface area contributed by atoms with Gasteiger partial charge in [0, 0.05) is 5.69 Å². The highest BCUT2D eigenvalue weighted by atomic mass is 35.5. The molecule has 1 N–H and O–H groups in total. The second-order valence-electron chi connectivity index (χ2n) is 5.07. The SMILES string of the molecule is O=C(COC(=O)Cn1nnc2ccccc21)Nc1ccc(F)c(Cl)c1. The molecular formula is C16H12ClFN4O3. The molecule has 1 aromatic heterocycles. The number of fused-ring (bicyclic) bond motifs is 1. The molecule has 0 fully saturated rings. The zero-order chi connectivity index (χ0) is 17.8. The van der Waals surface area contributed by atoms with Crippen molar-refractivity contribution in [2.24, 2.45) is 0 Å². The molecular weight excluding hydrogens is 351 g/mol. The molecule has 3 aromatic rings. The fourth-order valence-electron chi connectivity index (χ4n) is 2.12. The highest BCUT2D eigenvalue weighted by Gasteiger charge is 2.12.